The van der Waals surface area contributed by atoms with Crippen molar-refractivity contribution in [3.05, 3.63) is 77.9 Å². The van der Waals surface area contributed by atoms with Crippen molar-refractivity contribution in [3.8, 4) is 11.5 Å². The summed E-state index contributed by atoms with van der Waals surface area (Å²) < 4.78 is 24.6. The number of hydrogen-bond acceptors (Lipinski definition) is 7. The summed E-state index contributed by atoms with van der Waals surface area (Å²) in [5.41, 5.74) is -0.0865. The van der Waals surface area contributed by atoms with Gasteiger partial charge in [0.25, 0.3) is 11.1 Å². The lowest BCUT2D eigenvalue weighted by Crippen LogP contribution is -2.03. The van der Waals surface area contributed by atoms with Crippen molar-refractivity contribution in [2.45, 2.75) is 11.8 Å². The fourth-order valence-electron chi connectivity index (χ4n) is 2.75. The average Bonchev–Trinajstić information content (AvgIpc) is 3.20. The SMILES string of the molecule is O=C(CSc1nnc(COc2cccc3ccccc23)o1)c1cc(F)ccc1O. The Labute approximate surface area is 169 Å². The number of ether oxygens (including phenoxy) is 1. The number of carbonyl (C=O) groups is 1. The summed E-state index contributed by atoms with van der Waals surface area (Å²) in [4.78, 5) is 12.2. The maximum atomic E-state index is 13.3. The maximum Gasteiger partial charge on any atom is 0.277 e. The first kappa shape index (κ1) is 18.9. The Hall–Kier alpha value is -3.39. The summed E-state index contributed by atoms with van der Waals surface area (Å²) in [5, 5.41) is 19.7. The quantitative estimate of drug-likeness (QED) is 0.351. The zero-order valence-electron chi connectivity index (χ0n) is 15.0. The largest absolute Gasteiger partial charge is 0.507 e. The van der Waals surface area contributed by atoms with Crippen LogP contribution in [0.4, 0.5) is 4.39 Å². The lowest BCUT2D eigenvalue weighted by molar-refractivity contribution is 0.101. The Bertz CT molecular complexity index is 1170. The Balaban J connectivity index is 1.37. The smallest absolute Gasteiger partial charge is 0.277 e. The van der Waals surface area contributed by atoms with E-state index in [0.29, 0.717) is 5.75 Å². The fraction of sp³-hybridized carbons (Fsp3) is 0.0952. The van der Waals surface area contributed by atoms with Gasteiger partial charge in [0, 0.05) is 5.39 Å². The number of hydrogen-bond donors (Lipinski definition) is 1. The highest BCUT2D eigenvalue weighted by molar-refractivity contribution is 7.99. The van der Waals surface area contributed by atoms with Crippen LogP contribution in [0.5, 0.6) is 11.5 Å². The number of Topliss-reactive ketones (excluding diaryl/α,β-unsaturated/α-hetero) is 1. The third-order valence-electron chi connectivity index (χ3n) is 4.13. The van der Waals surface area contributed by atoms with Crippen LogP contribution in [-0.4, -0.2) is 26.8 Å². The van der Waals surface area contributed by atoms with Gasteiger partial charge >= 0.3 is 0 Å². The number of carbonyl (C=O) groups excluding carboxylic acids is 1. The van der Waals surface area contributed by atoms with E-state index in [2.05, 4.69) is 10.2 Å². The maximum absolute atomic E-state index is 13.3. The summed E-state index contributed by atoms with van der Waals surface area (Å²) in [6, 6.07) is 16.8. The van der Waals surface area contributed by atoms with Gasteiger partial charge in [0.05, 0.1) is 11.3 Å². The third-order valence-corrected chi connectivity index (χ3v) is 4.95. The van der Waals surface area contributed by atoms with E-state index in [1.165, 1.54) is 0 Å². The van der Waals surface area contributed by atoms with Crippen LogP contribution in [-0.2, 0) is 6.61 Å². The van der Waals surface area contributed by atoms with E-state index >= 15 is 0 Å². The van der Waals surface area contributed by atoms with Gasteiger partial charge in [-0.05, 0) is 29.7 Å². The molecular weight excluding hydrogens is 395 g/mol. The molecule has 0 aliphatic rings. The number of aromatic hydroxyl groups is 1. The number of phenols is 1. The summed E-state index contributed by atoms with van der Waals surface area (Å²) >= 11 is 1.00. The zero-order valence-corrected chi connectivity index (χ0v) is 15.9. The molecule has 1 heterocycles. The molecule has 6 nitrogen and oxygen atoms in total. The molecule has 0 unspecified atom stereocenters. The average molecular weight is 410 g/mol. The molecule has 4 aromatic rings. The highest BCUT2D eigenvalue weighted by atomic mass is 32.2. The lowest BCUT2D eigenvalue weighted by Gasteiger charge is -2.07. The highest BCUT2D eigenvalue weighted by Crippen LogP contribution is 2.27. The molecular formula is C21H15FN2O4S. The molecule has 0 aliphatic heterocycles. The number of halogens is 1. The van der Waals surface area contributed by atoms with E-state index in [1.54, 1.807) is 0 Å². The molecule has 0 atom stereocenters. The number of ketones is 1. The second kappa shape index (κ2) is 8.32. The molecule has 0 amide bonds. The van der Waals surface area contributed by atoms with Gasteiger partial charge in [0.2, 0.25) is 0 Å². The second-order valence-electron chi connectivity index (χ2n) is 6.10. The predicted molar refractivity (Wildman–Crippen MR) is 106 cm³/mol. The normalized spacial score (nSPS) is 10.9. The molecule has 8 heteroatoms. The Morgan fingerprint density at radius 1 is 1.10 bits per heavy atom. The van der Waals surface area contributed by atoms with Crippen LogP contribution in [0.15, 0.2) is 70.3 Å². The summed E-state index contributed by atoms with van der Waals surface area (Å²) in [5.74, 6) is -0.427. The van der Waals surface area contributed by atoms with E-state index in [0.717, 1.165) is 40.7 Å². The number of benzene rings is 3. The van der Waals surface area contributed by atoms with Gasteiger partial charge in [0.1, 0.15) is 17.3 Å². The van der Waals surface area contributed by atoms with Gasteiger partial charge in [-0.2, -0.15) is 0 Å². The molecule has 1 N–H and O–H groups in total. The van der Waals surface area contributed by atoms with E-state index < -0.39 is 11.6 Å². The van der Waals surface area contributed by atoms with E-state index in [1.807, 2.05) is 42.5 Å². The molecule has 29 heavy (non-hydrogen) atoms. The number of rotatable bonds is 7. The summed E-state index contributed by atoms with van der Waals surface area (Å²) in [7, 11) is 0. The molecule has 1 aromatic heterocycles. The van der Waals surface area contributed by atoms with Crippen LogP contribution >= 0.6 is 11.8 Å². The van der Waals surface area contributed by atoms with Gasteiger partial charge in [-0.25, -0.2) is 4.39 Å². The predicted octanol–water partition coefficient (Wildman–Crippen LogP) is 4.62. The summed E-state index contributed by atoms with van der Waals surface area (Å²) in [6.45, 7) is 0.0835. The third kappa shape index (κ3) is 4.38. The van der Waals surface area contributed by atoms with Crippen molar-refractivity contribution in [1.82, 2.24) is 10.2 Å². The van der Waals surface area contributed by atoms with Crippen LogP contribution in [0.3, 0.4) is 0 Å². The number of fused-ring (bicyclic) bond motifs is 1. The van der Waals surface area contributed by atoms with Gasteiger partial charge in [-0.3, -0.25) is 4.79 Å². The summed E-state index contributed by atoms with van der Waals surface area (Å²) in [6.07, 6.45) is 0. The van der Waals surface area contributed by atoms with Crippen LogP contribution in [0.1, 0.15) is 16.2 Å². The Morgan fingerprint density at radius 3 is 2.83 bits per heavy atom. The highest BCUT2D eigenvalue weighted by Gasteiger charge is 2.15. The first-order valence-electron chi connectivity index (χ1n) is 8.67. The number of phenolic OH excluding ortho intramolecular Hbond substituents is 1. The van der Waals surface area contributed by atoms with Crippen molar-refractivity contribution in [2.24, 2.45) is 0 Å². The minimum absolute atomic E-state index is 0.0805. The van der Waals surface area contributed by atoms with Crippen molar-refractivity contribution in [3.63, 3.8) is 0 Å². The van der Waals surface area contributed by atoms with Gasteiger partial charge in [0.15, 0.2) is 12.4 Å². The molecule has 0 aliphatic carbocycles. The van der Waals surface area contributed by atoms with Crippen LogP contribution < -0.4 is 4.74 Å². The number of thioether (sulfide) groups is 1. The topological polar surface area (TPSA) is 85.5 Å². The second-order valence-corrected chi connectivity index (χ2v) is 7.03. The molecule has 3 aromatic carbocycles. The number of aromatic nitrogens is 2. The molecule has 4 rings (SSSR count). The minimum atomic E-state index is -0.596. The van der Waals surface area contributed by atoms with Crippen molar-refractivity contribution in [2.75, 3.05) is 5.75 Å². The van der Waals surface area contributed by atoms with Crippen molar-refractivity contribution >= 4 is 28.3 Å². The molecule has 0 saturated heterocycles. The molecule has 0 saturated carbocycles. The lowest BCUT2D eigenvalue weighted by atomic mass is 10.1. The molecule has 146 valence electrons. The first-order chi connectivity index (χ1) is 14.1. The van der Waals surface area contributed by atoms with Crippen LogP contribution in [0.25, 0.3) is 10.8 Å². The van der Waals surface area contributed by atoms with Gasteiger partial charge in [-0.1, -0.05) is 48.2 Å². The van der Waals surface area contributed by atoms with Gasteiger partial charge in [-0.15, -0.1) is 10.2 Å². The van der Waals surface area contributed by atoms with Gasteiger partial charge < -0.3 is 14.3 Å². The molecule has 0 fully saturated rings. The Kier molecular flexibility index (Phi) is 5.44. The zero-order chi connectivity index (χ0) is 20.2. The first-order valence-corrected chi connectivity index (χ1v) is 9.66. The van der Waals surface area contributed by atoms with Crippen molar-refractivity contribution < 1.29 is 23.4 Å². The standard InChI is InChI=1S/C21H15FN2O4S/c22-14-8-9-17(25)16(10-14)18(26)12-29-21-24-23-20(28-21)11-27-19-7-3-5-13-4-1-2-6-15(13)19/h1-10,25H,11-12H2. The fourth-order valence-corrected chi connectivity index (χ4v) is 3.42. The monoisotopic (exact) mass is 410 g/mol. The molecule has 0 spiro atoms. The van der Waals surface area contributed by atoms with E-state index in [-0.39, 0.29) is 34.8 Å². The molecule has 0 bridgehead atoms. The van der Waals surface area contributed by atoms with E-state index in [4.69, 9.17) is 9.15 Å². The molecule has 0 radical (unpaired) electrons. The van der Waals surface area contributed by atoms with Crippen LogP contribution in [0.2, 0.25) is 0 Å². The van der Waals surface area contributed by atoms with E-state index in [9.17, 15) is 14.3 Å². The minimum Gasteiger partial charge on any atom is -0.507 e. The van der Waals surface area contributed by atoms with Crippen molar-refractivity contribution in [1.29, 1.82) is 0 Å². The Morgan fingerprint density at radius 2 is 1.93 bits per heavy atom. The van der Waals surface area contributed by atoms with Crippen LogP contribution in [0, 0.1) is 5.82 Å². The number of nitrogens with zero attached hydrogens (tertiary/aromatic N) is 2.